The number of anilines is 2. The van der Waals surface area contributed by atoms with E-state index >= 15 is 0 Å². The molecular formula is C25H21FN2O2. The Morgan fingerprint density at radius 3 is 2.10 bits per heavy atom. The number of amides is 2. The van der Waals surface area contributed by atoms with E-state index in [9.17, 15) is 14.0 Å². The second-order valence-corrected chi connectivity index (χ2v) is 7.34. The average Bonchev–Trinajstić information content (AvgIpc) is 3.01. The molecule has 0 saturated heterocycles. The molecule has 0 atom stereocenters. The van der Waals surface area contributed by atoms with E-state index in [2.05, 4.69) is 0 Å². The maximum absolute atomic E-state index is 13.5. The second kappa shape index (κ2) is 7.59. The Morgan fingerprint density at radius 1 is 0.800 bits per heavy atom. The van der Waals surface area contributed by atoms with Gasteiger partial charge in [0, 0.05) is 12.7 Å². The molecule has 0 saturated carbocycles. The highest BCUT2D eigenvalue weighted by Crippen LogP contribution is 2.36. The fourth-order valence-electron chi connectivity index (χ4n) is 3.59. The van der Waals surface area contributed by atoms with Gasteiger partial charge < -0.3 is 4.90 Å². The van der Waals surface area contributed by atoms with E-state index in [1.54, 1.807) is 11.9 Å². The van der Waals surface area contributed by atoms with Gasteiger partial charge in [-0.2, -0.15) is 0 Å². The first-order chi connectivity index (χ1) is 14.4. The molecule has 1 aliphatic heterocycles. The number of imide groups is 1. The van der Waals surface area contributed by atoms with Gasteiger partial charge in [-0.3, -0.25) is 9.59 Å². The molecule has 3 aromatic carbocycles. The molecule has 4 nitrogen and oxygen atoms in total. The monoisotopic (exact) mass is 400 g/mol. The molecular weight excluding hydrogens is 379 g/mol. The lowest BCUT2D eigenvalue weighted by atomic mass is 9.99. The van der Waals surface area contributed by atoms with Crippen LogP contribution in [0.25, 0.3) is 5.57 Å². The van der Waals surface area contributed by atoms with Crippen LogP contribution < -0.4 is 9.80 Å². The van der Waals surface area contributed by atoms with E-state index in [4.69, 9.17) is 0 Å². The van der Waals surface area contributed by atoms with E-state index in [1.165, 1.54) is 24.3 Å². The van der Waals surface area contributed by atoms with Crippen molar-refractivity contribution < 1.29 is 14.0 Å². The number of nitrogens with zero attached hydrogens (tertiary/aromatic N) is 2. The minimum atomic E-state index is -0.439. The van der Waals surface area contributed by atoms with Gasteiger partial charge in [-0.15, -0.1) is 0 Å². The fraction of sp³-hybridized carbons (Fsp3) is 0.120. The third kappa shape index (κ3) is 3.28. The highest BCUT2D eigenvalue weighted by molar-refractivity contribution is 6.46. The van der Waals surface area contributed by atoms with Crippen molar-refractivity contribution >= 4 is 28.8 Å². The van der Waals surface area contributed by atoms with Gasteiger partial charge in [-0.1, -0.05) is 36.4 Å². The topological polar surface area (TPSA) is 40.6 Å². The Hall–Kier alpha value is -3.73. The zero-order chi connectivity index (χ0) is 21.4. The van der Waals surface area contributed by atoms with E-state index in [0.29, 0.717) is 22.5 Å². The normalized spacial score (nSPS) is 13.9. The maximum atomic E-state index is 13.5. The standard InChI is InChI=1S/C25H21FN2O2/c1-16-9-10-18(15-17(16)2)22-23(27(3)20-7-5-4-6-8-20)25(30)28(24(22)29)21-13-11-19(26)12-14-21/h4-15H,1-3H3. The van der Waals surface area contributed by atoms with Crippen LogP contribution in [0.3, 0.4) is 0 Å². The highest BCUT2D eigenvalue weighted by Gasteiger charge is 2.42. The van der Waals surface area contributed by atoms with Crippen molar-refractivity contribution in [2.24, 2.45) is 0 Å². The summed E-state index contributed by atoms with van der Waals surface area (Å²) in [6.45, 7) is 3.97. The summed E-state index contributed by atoms with van der Waals surface area (Å²) < 4.78 is 13.4. The van der Waals surface area contributed by atoms with Crippen LogP contribution in [-0.4, -0.2) is 18.9 Å². The van der Waals surface area contributed by atoms with Crippen molar-refractivity contribution in [3.05, 3.63) is 101 Å². The summed E-state index contributed by atoms with van der Waals surface area (Å²) in [4.78, 5) is 29.8. The first-order valence-corrected chi connectivity index (χ1v) is 9.63. The molecule has 0 N–H and O–H groups in total. The fourth-order valence-corrected chi connectivity index (χ4v) is 3.59. The summed E-state index contributed by atoms with van der Waals surface area (Å²) in [6, 6.07) is 20.5. The van der Waals surface area contributed by atoms with Crippen molar-refractivity contribution in [1.82, 2.24) is 0 Å². The number of hydrogen-bond donors (Lipinski definition) is 0. The Morgan fingerprint density at radius 2 is 1.47 bits per heavy atom. The molecule has 4 rings (SSSR count). The molecule has 0 bridgehead atoms. The average molecular weight is 400 g/mol. The summed E-state index contributed by atoms with van der Waals surface area (Å²) >= 11 is 0. The number of para-hydroxylation sites is 1. The quantitative estimate of drug-likeness (QED) is 0.587. The van der Waals surface area contributed by atoms with Crippen LogP contribution in [0, 0.1) is 19.7 Å². The molecule has 0 unspecified atom stereocenters. The van der Waals surface area contributed by atoms with Gasteiger partial charge in [0.25, 0.3) is 11.8 Å². The van der Waals surface area contributed by atoms with E-state index in [1.807, 2.05) is 62.4 Å². The van der Waals surface area contributed by atoms with Crippen molar-refractivity contribution in [3.63, 3.8) is 0 Å². The number of hydrogen-bond acceptors (Lipinski definition) is 3. The summed E-state index contributed by atoms with van der Waals surface area (Å²) in [5.74, 6) is -1.29. The van der Waals surface area contributed by atoms with Crippen LogP contribution in [0.2, 0.25) is 0 Å². The molecule has 0 fully saturated rings. The molecule has 0 aliphatic carbocycles. The van der Waals surface area contributed by atoms with Crippen molar-refractivity contribution in [3.8, 4) is 0 Å². The van der Waals surface area contributed by atoms with E-state index < -0.39 is 17.6 Å². The van der Waals surface area contributed by atoms with Crippen LogP contribution in [-0.2, 0) is 9.59 Å². The Balaban J connectivity index is 1.89. The zero-order valence-corrected chi connectivity index (χ0v) is 17.0. The lowest BCUT2D eigenvalue weighted by Crippen LogP contribution is -2.34. The van der Waals surface area contributed by atoms with Gasteiger partial charge in [0.15, 0.2) is 0 Å². The van der Waals surface area contributed by atoms with Gasteiger partial charge in [0.05, 0.1) is 11.3 Å². The third-order valence-electron chi connectivity index (χ3n) is 5.42. The van der Waals surface area contributed by atoms with Crippen molar-refractivity contribution in [2.45, 2.75) is 13.8 Å². The van der Waals surface area contributed by atoms with Crippen LogP contribution in [0.4, 0.5) is 15.8 Å². The number of carbonyl (C=O) groups is 2. The SMILES string of the molecule is Cc1ccc(C2=C(N(C)c3ccccc3)C(=O)N(c3ccc(F)cc3)C2=O)cc1C. The molecule has 0 radical (unpaired) electrons. The lowest BCUT2D eigenvalue weighted by molar-refractivity contribution is -0.120. The number of rotatable bonds is 4. The maximum Gasteiger partial charge on any atom is 0.282 e. The molecule has 150 valence electrons. The predicted octanol–water partition coefficient (Wildman–Crippen LogP) is 4.86. The minimum absolute atomic E-state index is 0.291. The van der Waals surface area contributed by atoms with Crippen LogP contribution >= 0.6 is 0 Å². The molecule has 2 amide bonds. The molecule has 0 spiro atoms. The molecule has 30 heavy (non-hydrogen) atoms. The molecule has 1 heterocycles. The Bertz CT molecular complexity index is 1170. The predicted molar refractivity (Wildman–Crippen MR) is 117 cm³/mol. The number of halogens is 1. The van der Waals surface area contributed by atoms with Crippen LogP contribution in [0.1, 0.15) is 16.7 Å². The first kappa shape index (κ1) is 19.6. The third-order valence-corrected chi connectivity index (χ3v) is 5.42. The number of aryl methyl sites for hydroxylation is 2. The van der Waals surface area contributed by atoms with Gasteiger partial charge in [0.1, 0.15) is 11.5 Å². The molecule has 1 aliphatic rings. The lowest BCUT2D eigenvalue weighted by Gasteiger charge is -2.21. The van der Waals surface area contributed by atoms with Gasteiger partial charge in [-0.05, 0) is 66.9 Å². The Labute approximate surface area is 174 Å². The summed E-state index contributed by atoms with van der Waals surface area (Å²) in [7, 11) is 1.77. The van der Waals surface area contributed by atoms with Crippen LogP contribution in [0.5, 0.6) is 0 Å². The molecule has 0 aromatic heterocycles. The number of benzene rings is 3. The first-order valence-electron chi connectivity index (χ1n) is 9.63. The second-order valence-electron chi connectivity index (χ2n) is 7.34. The molecule has 3 aromatic rings. The van der Waals surface area contributed by atoms with Gasteiger partial charge in [-0.25, -0.2) is 9.29 Å². The van der Waals surface area contributed by atoms with Crippen molar-refractivity contribution in [1.29, 1.82) is 0 Å². The Kier molecular flexibility index (Phi) is 4.96. The van der Waals surface area contributed by atoms with Gasteiger partial charge in [0.2, 0.25) is 0 Å². The van der Waals surface area contributed by atoms with E-state index in [0.717, 1.165) is 21.7 Å². The zero-order valence-electron chi connectivity index (χ0n) is 17.0. The van der Waals surface area contributed by atoms with Crippen LogP contribution in [0.15, 0.2) is 78.5 Å². The number of likely N-dealkylation sites (N-methyl/N-ethyl adjacent to an activating group) is 1. The number of carbonyl (C=O) groups excluding carboxylic acids is 2. The van der Waals surface area contributed by atoms with E-state index in [-0.39, 0.29) is 0 Å². The smallest absolute Gasteiger partial charge is 0.282 e. The minimum Gasteiger partial charge on any atom is -0.339 e. The summed E-state index contributed by atoms with van der Waals surface area (Å²) in [5.41, 5.74) is 4.56. The summed E-state index contributed by atoms with van der Waals surface area (Å²) in [5, 5.41) is 0. The highest BCUT2D eigenvalue weighted by atomic mass is 19.1. The molecule has 5 heteroatoms. The summed E-state index contributed by atoms with van der Waals surface area (Å²) in [6.07, 6.45) is 0. The van der Waals surface area contributed by atoms with Gasteiger partial charge >= 0.3 is 0 Å². The largest absolute Gasteiger partial charge is 0.339 e. The van der Waals surface area contributed by atoms with Crippen molar-refractivity contribution in [2.75, 3.05) is 16.8 Å².